The summed E-state index contributed by atoms with van der Waals surface area (Å²) in [6.45, 7) is 20.0. The molecule has 0 radical (unpaired) electrons. The van der Waals surface area contributed by atoms with Crippen molar-refractivity contribution < 1.29 is 0 Å². The third kappa shape index (κ3) is 5.07. The largest absolute Gasteiger partial charge is 0.132 e. The lowest BCUT2D eigenvalue weighted by Gasteiger charge is -2.36. The molecule has 0 bridgehead atoms. The van der Waals surface area contributed by atoms with Gasteiger partial charge in [-0.3, -0.25) is 0 Å². The van der Waals surface area contributed by atoms with Gasteiger partial charge in [0.2, 0.25) is 0 Å². The number of hydrogen-bond acceptors (Lipinski definition) is 0. The zero-order chi connectivity index (χ0) is 15.7. The monoisotopic (exact) mass is 336 g/mol. The van der Waals surface area contributed by atoms with E-state index in [2.05, 4.69) is 75.3 Å². The Morgan fingerprint density at radius 1 is 0.550 bits per heavy atom. The average Bonchev–Trinajstić information content (AvgIpc) is 2.24. The number of hydrogen-bond donors (Lipinski definition) is 0. The molecule has 112 valence electrons. The summed E-state index contributed by atoms with van der Waals surface area (Å²) in [4.78, 5) is 0. The zero-order valence-electron chi connectivity index (χ0n) is 14.8. The van der Waals surface area contributed by atoms with Crippen molar-refractivity contribution in [1.29, 1.82) is 0 Å². The number of rotatable bonds is 0. The van der Waals surface area contributed by atoms with Crippen molar-refractivity contribution in [3.63, 3.8) is 0 Å². The Labute approximate surface area is 131 Å². The lowest BCUT2D eigenvalue weighted by molar-refractivity contribution is 1.31. The Morgan fingerprint density at radius 2 is 0.850 bits per heavy atom. The van der Waals surface area contributed by atoms with Gasteiger partial charge in [-0.05, 0) is 12.1 Å². The van der Waals surface area contributed by atoms with Crippen LogP contribution in [0.2, 0.25) is 76.6 Å². The van der Waals surface area contributed by atoms with Gasteiger partial charge in [-0.25, -0.2) is 0 Å². The van der Waals surface area contributed by atoms with Crippen LogP contribution < -0.4 is 0 Å². The Morgan fingerprint density at radius 3 is 1.15 bits per heavy atom. The molecular weight excluding hydrogens is 305 g/mol. The smallest absolute Gasteiger partial charge is 0.132 e. The second-order valence-corrected chi connectivity index (χ2v) is 34.4. The molecule has 0 nitrogen and oxygen atoms in total. The molecule has 0 spiro atoms. The fourth-order valence-corrected chi connectivity index (χ4v) is 14.4. The highest BCUT2D eigenvalue weighted by Crippen LogP contribution is 2.27. The molecule has 0 aromatic rings. The summed E-state index contributed by atoms with van der Waals surface area (Å²) in [6.07, 6.45) is 0. The maximum absolute atomic E-state index is 3.73. The molecule has 0 fully saturated rings. The topological polar surface area (TPSA) is 0 Å². The van der Waals surface area contributed by atoms with E-state index < -0.39 is 31.3 Å². The van der Waals surface area contributed by atoms with E-state index in [9.17, 15) is 0 Å². The fraction of sp³-hybridized carbons (Fsp3) is 0.750. The minimum atomic E-state index is -1.32. The van der Waals surface area contributed by atoms with E-state index in [0.717, 1.165) is 0 Å². The van der Waals surface area contributed by atoms with Crippen molar-refractivity contribution in [3.8, 4) is 22.9 Å². The van der Waals surface area contributed by atoms with Crippen LogP contribution in [0.4, 0.5) is 0 Å². The molecule has 0 aromatic heterocycles. The van der Waals surface area contributed by atoms with Crippen molar-refractivity contribution >= 4 is 31.3 Å². The molecule has 0 N–H and O–H groups in total. The van der Waals surface area contributed by atoms with E-state index in [0.29, 0.717) is 0 Å². The predicted molar refractivity (Wildman–Crippen MR) is 105 cm³/mol. The summed E-state index contributed by atoms with van der Waals surface area (Å²) in [5.74, 6) is 7.28. The first-order valence-corrected chi connectivity index (χ1v) is 21.7. The highest BCUT2D eigenvalue weighted by Gasteiger charge is 2.39. The third-order valence-corrected chi connectivity index (χ3v) is 28.2. The molecule has 0 saturated heterocycles. The van der Waals surface area contributed by atoms with Crippen molar-refractivity contribution in [3.05, 3.63) is 0 Å². The van der Waals surface area contributed by atoms with Crippen LogP contribution in [0.3, 0.4) is 0 Å². The van der Waals surface area contributed by atoms with Crippen LogP contribution in [0, 0.1) is 22.9 Å². The van der Waals surface area contributed by atoms with Crippen LogP contribution in [0.1, 0.15) is 0 Å². The van der Waals surface area contributed by atoms with Gasteiger partial charge in [0.05, 0.1) is 15.2 Å². The summed E-state index contributed by atoms with van der Waals surface area (Å²) >= 11 is 0. The molecule has 0 aromatic carbocycles. The Balaban J connectivity index is 3.14. The molecule has 1 aliphatic rings. The van der Waals surface area contributed by atoms with Crippen molar-refractivity contribution in [1.82, 2.24) is 0 Å². The molecule has 20 heavy (non-hydrogen) atoms. The van der Waals surface area contributed by atoms with Crippen LogP contribution in [0.15, 0.2) is 0 Å². The lowest BCUT2D eigenvalue weighted by atomic mass is 10.8. The summed E-state index contributed by atoms with van der Waals surface area (Å²) in [5.41, 5.74) is 7.46. The molecule has 0 atom stereocenters. The first kappa shape index (κ1) is 18.0. The van der Waals surface area contributed by atoms with Crippen LogP contribution >= 0.6 is 0 Å². The van der Waals surface area contributed by atoms with Crippen LogP contribution in [0.5, 0.6) is 0 Å². The molecule has 1 heterocycles. The average molecular weight is 337 g/mol. The SMILES string of the molecule is C[Si]1(C)C#CC[Si](C)(C)[Si](C)(C)CC#C[Si](C)(C)CC1. The molecule has 0 amide bonds. The zero-order valence-corrected chi connectivity index (χ0v) is 18.8. The van der Waals surface area contributed by atoms with Crippen LogP contribution in [0.25, 0.3) is 0 Å². The van der Waals surface area contributed by atoms with Gasteiger partial charge >= 0.3 is 0 Å². The maximum atomic E-state index is 3.73. The quantitative estimate of drug-likeness (QED) is 0.431. The summed E-state index contributed by atoms with van der Waals surface area (Å²) in [6, 6.07) is 5.09. The molecule has 1 aliphatic heterocycles. The fourth-order valence-electron chi connectivity index (χ4n) is 2.24. The van der Waals surface area contributed by atoms with Crippen LogP contribution in [-0.4, -0.2) is 31.3 Å². The Bertz CT molecular complexity index is 432. The normalized spacial score (nSPS) is 26.8. The molecule has 1 rings (SSSR count). The maximum Gasteiger partial charge on any atom is 0.132 e. The van der Waals surface area contributed by atoms with Gasteiger partial charge in [0, 0.05) is 12.1 Å². The van der Waals surface area contributed by atoms with E-state index in [4.69, 9.17) is 0 Å². The minimum Gasteiger partial charge on any atom is -0.132 e. The van der Waals surface area contributed by atoms with Crippen molar-refractivity contribution in [2.24, 2.45) is 0 Å². The molecule has 0 aliphatic carbocycles. The first-order chi connectivity index (χ1) is 8.87. The second kappa shape index (κ2) is 6.00. The van der Waals surface area contributed by atoms with Gasteiger partial charge in [-0.1, -0.05) is 52.4 Å². The molecule has 0 saturated carbocycles. The third-order valence-electron chi connectivity index (χ3n) is 5.12. The highest BCUT2D eigenvalue weighted by molar-refractivity contribution is 7.41. The Hall–Kier alpha value is -0.0125. The molecule has 4 heteroatoms. The summed E-state index contributed by atoms with van der Waals surface area (Å²) in [5, 5.41) is 0. The van der Waals surface area contributed by atoms with Gasteiger partial charge in [0.25, 0.3) is 0 Å². The first-order valence-electron chi connectivity index (χ1n) is 7.87. The van der Waals surface area contributed by atoms with Crippen LogP contribution in [-0.2, 0) is 0 Å². The van der Waals surface area contributed by atoms with E-state index in [1.54, 1.807) is 0 Å². The minimum absolute atomic E-state index is 1.20. The van der Waals surface area contributed by atoms with Crippen molar-refractivity contribution in [2.75, 3.05) is 0 Å². The summed E-state index contributed by atoms with van der Waals surface area (Å²) < 4.78 is 0. The van der Waals surface area contributed by atoms with E-state index in [1.807, 2.05) is 0 Å². The van der Waals surface area contributed by atoms with Gasteiger partial charge in [-0.15, -0.1) is 22.9 Å². The molecule has 0 unspecified atom stereocenters. The Kier molecular flexibility index (Phi) is 5.41. The standard InChI is InChI=1S/C16H32Si4/c1-17(2)11-9-13-19(5,6)20(7,8)14-10-12-18(3,4)16-15-17/h13-16H2,1-8H3. The van der Waals surface area contributed by atoms with Gasteiger partial charge < -0.3 is 0 Å². The van der Waals surface area contributed by atoms with Gasteiger partial charge in [-0.2, -0.15) is 0 Å². The van der Waals surface area contributed by atoms with E-state index >= 15 is 0 Å². The van der Waals surface area contributed by atoms with E-state index in [-0.39, 0.29) is 0 Å². The summed E-state index contributed by atoms with van der Waals surface area (Å²) in [7, 11) is -5.05. The predicted octanol–water partition coefficient (Wildman–Crippen LogP) is 5.00. The van der Waals surface area contributed by atoms with Crippen molar-refractivity contribution in [2.45, 2.75) is 76.6 Å². The highest BCUT2D eigenvalue weighted by atomic mass is 29.3. The van der Waals surface area contributed by atoms with Gasteiger partial charge in [0.15, 0.2) is 0 Å². The molecular formula is C16H32Si4. The second-order valence-electron chi connectivity index (χ2n) is 8.99. The van der Waals surface area contributed by atoms with E-state index in [1.165, 1.54) is 24.2 Å². The lowest BCUT2D eigenvalue weighted by Crippen LogP contribution is -2.54. The van der Waals surface area contributed by atoms with Gasteiger partial charge in [0.1, 0.15) is 16.1 Å².